The van der Waals surface area contributed by atoms with Gasteiger partial charge < -0.3 is 10.8 Å². The number of pyridine rings is 1. The van der Waals surface area contributed by atoms with Crippen molar-refractivity contribution in [2.45, 2.75) is 46.1 Å². The van der Waals surface area contributed by atoms with E-state index in [1.165, 1.54) is 11.3 Å². The largest absolute Gasteiger partial charge is 0.857 e. The fourth-order valence-electron chi connectivity index (χ4n) is 2.38. The zero-order valence-electron chi connectivity index (χ0n) is 14.5. The molecule has 0 unspecified atom stereocenters. The Hall–Kier alpha value is -2.48. The molecule has 0 bridgehead atoms. The van der Waals surface area contributed by atoms with E-state index in [2.05, 4.69) is 22.2 Å². The number of hydrogen-bond donors (Lipinski definition) is 1. The van der Waals surface area contributed by atoms with Crippen molar-refractivity contribution in [1.29, 1.82) is 0 Å². The van der Waals surface area contributed by atoms with E-state index in [0.717, 1.165) is 35.2 Å². The minimum absolute atomic E-state index is 0.128. The van der Waals surface area contributed by atoms with Gasteiger partial charge in [-0.2, -0.15) is 0 Å². The molecule has 3 heterocycles. The van der Waals surface area contributed by atoms with Crippen LogP contribution in [0.3, 0.4) is 0 Å². The lowest BCUT2D eigenvalue weighted by molar-refractivity contribution is -0.779. The monoisotopic (exact) mass is 359 g/mol. The first-order valence-electron chi connectivity index (χ1n) is 8.31. The topological polar surface area (TPSA) is 104 Å². The average molecular weight is 359 g/mol. The van der Waals surface area contributed by atoms with Crippen LogP contribution in [0.1, 0.15) is 50.2 Å². The fraction of sp³-hybridized carbons (Fsp3) is 0.412. The molecule has 0 aliphatic rings. The number of thiophene rings is 1. The van der Waals surface area contributed by atoms with E-state index in [0.29, 0.717) is 10.6 Å². The van der Waals surface area contributed by atoms with Gasteiger partial charge in [-0.3, -0.25) is 4.52 Å². The van der Waals surface area contributed by atoms with Crippen LogP contribution >= 0.6 is 11.3 Å². The van der Waals surface area contributed by atoms with E-state index in [-0.39, 0.29) is 11.9 Å². The first kappa shape index (κ1) is 17.3. The highest BCUT2D eigenvalue weighted by molar-refractivity contribution is 7.21. The molecule has 0 fully saturated rings. The molecule has 0 aliphatic heterocycles. The summed E-state index contributed by atoms with van der Waals surface area (Å²) in [5.41, 5.74) is 7.57. The summed E-state index contributed by atoms with van der Waals surface area (Å²) in [4.78, 5) is 9.73. The van der Waals surface area contributed by atoms with E-state index in [4.69, 9.17) is 10.3 Å². The van der Waals surface area contributed by atoms with Gasteiger partial charge in [0.25, 0.3) is 6.20 Å². The highest BCUT2D eigenvalue weighted by Gasteiger charge is 2.16. The molecule has 0 aliphatic carbocycles. The number of unbranched alkanes of at least 4 members (excludes halogenated alkanes) is 1. The summed E-state index contributed by atoms with van der Waals surface area (Å²) in [7, 11) is 0. The third-order valence-corrected chi connectivity index (χ3v) is 4.95. The van der Waals surface area contributed by atoms with E-state index in [1.807, 2.05) is 26.0 Å². The van der Waals surface area contributed by atoms with Gasteiger partial charge in [0.2, 0.25) is 5.27 Å². The molecule has 0 aromatic carbocycles. The number of nitrogen functional groups attached to an aromatic ring is 1. The van der Waals surface area contributed by atoms with Crippen LogP contribution in [0.2, 0.25) is 0 Å². The number of aryl methyl sites for hydroxylation is 1. The second-order valence-corrected chi connectivity index (χ2v) is 7.13. The van der Waals surface area contributed by atoms with Crippen molar-refractivity contribution < 1.29 is 14.3 Å². The Bertz CT molecular complexity index is 913. The van der Waals surface area contributed by atoms with Gasteiger partial charge in [0.15, 0.2) is 6.04 Å². The standard InChI is InChI=1S/C17H21N5O2S/c1-4-5-6-11-7-8-12-14(18)15(25-17(12)19-11)16(23)20-13-9-22(10(2)3)21-24-13/h7-10H,4-6H2,1-3H3,(H2-,18,20,21,23). The van der Waals surface area contributed by atoms with Crippen LogP contribution in [0.4, 0.5) is 11.6 Å². The normalized spacial score (nSPS) is 12.4. The predicted octanol–water partition coefficient (Wildman–Crippen LogP) is 2.52. The maximum Gasteiger partial charge on any atom is 0.320 e. The van der Waals surface area contributed by atoms with E-state index < -0.39 is 5.90 Å². The Morgan fingerprint density at radius 3 is 2.92 bits per heavy atom. The molecule has 0 saturated carbocycles. The first-order chi connectivity index (χ1) is 12.0. The Labute approximate surface area is 149 Å². The maximum atomic E-state index is 12.5. The van der Waals surface area contributed by atoms with E-state index in [9.17, 15) is 5.11 Å². The highest BCUT2D eigenvalue weighted by atomic mass is 32.1. The highest BCUT2D eigenvalue weighted by Crippen LogP contribution is 2.33. The second kappa shape index (κ2) is 7.18. The minimum Gasteiger partial charge on any atom is -0.857 e. The molecule has 7 nitrogen and oxygen atoms in total. The SMILES string of the molecule is CCCCc1ccc2c(N)c(/C([O-])=N/c3c[n+](C(C)C)no3)sc2n1. The summed E-state index contributed by atoms with van der Waals surface area (Å²) < 4.78 is 6.67. The van der Waals surface area contributed by atoms with E-state index in [1.54, 1.807) is 10.9 Å². The van der Waals surface area contributed by atoms with Gasteiger partial charge in [0.1, 0.15) is 4.83 Å². The van der Waals surface area contributed by atoms with Gasteiger partial charge in [0, 0.05) is 17.0 Å². The van der Waals surface area contributed by atoms with E-state index >= 15 is 0 Å². The maximum absolute atomic E-state index is 12.5. The summed E-state index contributed by atoms with van der Waals surface area (Å²) in [5, 5.41) is 17.1. The fourth-order valence-corrected chi connectivity index (χ4v) is 3.38. The second-order valence-electron chi connectivity index (χ2n) is 6.13. The number of nitrogens with zero attached hydrogens (tertiary/aromatic N) is 4. The molecule has 0 radical (unpaired) electrons. The molecule has 0 saturated heterocycles. The van der Waals surface area contributed by atoms with Crippen molar-refractivity contribution in [3.63, 3.8) is 0 Å². The summed E-state index contributed by atoms with van der Waals surface area (Å²) in [5.74, 6) is -0.283. The zero-order chi connectivity index (χ0) is 18.0. The summed E-state index contributed by atoms with van der Waals surface area (Å²) in [6.45, 7) is 6.06. The van der Waals surface area contributed by atoms with Crippen LogP contribution in [0.5, 0.6) is 0 Å². The van der Waals surface area contributed by atoms with Gasteiger partial charge in [0.05, 0.1) is 10.6 Å². The summed E-state index contributed by atoms with van der Waals surface area (Å²) in [6, 6.07) is 4.02. The Morgan fingerprint density at radius 2 is 2.24 bits per heavy atom. The molecule has 8 heteroatoms. The van der Waals surface area contributed by atoms with Crippen molar-refractivity contribution in [2.75, 3.05) is 5.73 Å². The van der Waals surface area contributed by atoms with Crippen LogP contribution in [0, 0.1) is 0 Å². The van der Waals surface area contributed by atoms with Gasteiger partial charge in [-0.1, -0.05) is 13.3 Å². The molecule has 2 N–H and O–H groups in total. The lowest BCUT2D eigenvalue weighted by Gasteiger charge is -2.06. The number of hydrogen-bond acceptors (Lipinski definition) is 7. The Kier molecular flexibility index (Phi) is 4.98. The lowest BCUT2D eigenvalue weighted by atomic mass is 10.1. The molecular formula is C17H21N5O2S. The van der Waals surface area contributed by atoms with Gasteiger partial charge in [-0.15, -0.1) is 11.3 Å². The third kappa shape index (κ3) is 3.63. The molecular weight excluding hydrogens is 338 g/mol. The molecule has 0 amide bonds. The molecule has 0 atom stereocenters. The third-order valence-electron chi connectivity index (χ3n) is 3.84. The number of rotatable bonds is 6. The number of anilines is 1. The van der Waals surface area contributed by atoms with Crippen molar-refractivity contribution in [2.24, 2.45) is 4.99 Å². The predicted molar refractivity (Wildman–Crippen MR) is 95.9 cm³/mol. The quantitative estimate of drug-likeness (QED) is 0.414. The van der Waals surface area contributed by atoms with Crippen LogP contribution in [0.25, 0.3) is 10.2 Å². The average Bonchev–Trinajstić information content (AvgIpc) is 3.18. The molecule has 3 rings (SSSR count). The zero-order valence-corrected chi connectivity index (χ0v) is 15.3. The van der Waals surface area contributed by atoms with Gasteiger partial charge >= 0.3 is 5.88 Å². The molecule has 3 aromatic heterocycles. The molecule has 25 heavy (non-hydrogen) atoms. The van der Waals surface area contributed by atoms with Crippen molar-refractivity contribution >= 4 is 39.0 Å². The van der Waals surface area contributed by atoms with Gasteiger partial charge in [-0.25, -0.2) is 9.98 Å². The minimum atomic E-state index is -0.442. The summed E-state index contributed by atoms with van der Waals surface area (Å²) >= 11 is 1.26. The molecule has 0 spiro atoms. The van der Waals surface area contributed by atoms with Crippen molar-refractivity contribution in [1.82, 2.24) is 10.3 Å². The Balaban J connectivity index is 1.93. The van der Waals surface area contributed by atoms with Gasteiger partial charge in [-0.05, 0) is 43.5 Å². The van der Waals surface area contributed by atoms with Crippen molar-refractivity contribution in [3.8, 4) is 0 Å². The summed E-state index contributed by atoms with van der Waals surface area (Å²) in [6.07, 6.45) is 4.71. The number of nitrogens with two attached hydrogens (primary N) is 1. The van der Waals surface area contributed by atoms with Crippen LogP contribution < -0.4 is 15.5 Å². The van der Waals surface area contributed by atoms with Crippen LogP contribution in [-0.2, 0) is 6.42 Å². The van der Waals surface area contributed by atoms with Crippen molar-refractivity contribution in [3.05, 3.63) is 28.9 Å². The number of fused-ring (bicyclic) bond motifs is 1. The first-order valence-corrected chi connectivity index (χ1v) is 9.13. The smallest absolute Gasteiger partial charge is 0.320 e. The van der Waals surface area contributed by atoms with Crippen LogP contribution in [-0.4, -0.2) is 16.2 Å². The number of aliphatic imine (C=N–C) groups is 1. The lowest BCUT2D eigenvalue weighted by Crippen LogP contribution is -2.36. The Morgan fingerprint density at radius 1 is 1.44 bits per heavy atom. The van der Waals surface area contributed by atoms with Crippen LogP contribution in [0.15, 0.2) is 27.8 Å². The molecule has 132 valence electrons. The molecule has 3 aromatic rings. The number of aromatic nitrogens is 3.